The Bertz CT molecular complexity index is 539. The van der Waals surface area contributed by atoms with Crippen LogP contribution in [0.3, 0.4) is 0 Å². The number of carbonyl (C=O) groups is 1. The van der Waals surface area contributed by atoms with E-state index in [1.54, 1.807) is 13.2 Å². The molecule has 1 aromatic rings. The molecule has 0 aromatic heterocycles. The highest BCUT2D eigenvalue weighted by atomic mass is 16.5. The second-order valence-electron chi connectivity index (χ2n) is 7.53. The van der Waals surface area contributed by atoms with E-state index in [1.165, 1.54) is 0 Å². The molecule has 2 N–H and O–H groups in total. The van der Waals surface area contributed by atoms with Crippen LogP contribution in [0.2, 0.25) is 0 Å². The molecule has 1 aliphatic rings. The van der Waals surface area contributed by atoms with Gasteiger partial charge in [0.25, 0.3) is 5.91 Å². The molecule has 5 heteroatoms. The highest BCUT2D eigenvalue weighted by Gasteiger charge is 2.38. The number of amides is 1. The van der Waals surface area contributed by atoms with Crippen LogP contribution in [0.15, 0.2) is 24.3 Å². The van der Waals surface area contributed by atoms with Gasteiger partial charge < -0.3 is 20.1 Å². The van der Waals surface area contributed by atoms with Crippen LogP contribution in [-0.4, -0.2) is 36.7 Å². The third-order valence-electron chi connectivity index (χ3n) is 3.97. The number of ether oxygens (including phenoxy) is 2. The third-order valence-corrected chi connectivity index (χ3v) is 3.97. The summed E-state index contributed by atoms with van der Waals surface area (Å²) in [6, 6.07) is 7.41. The standard InChI is InChI=1S/C18H28N2O3/c1-17(2)10-13(11-18(3,4)20-17)19-16(21)12-23-15-8-6-7-14(9-15)22-5/h6-9,13,20H,10-12H2,1-5H3,(H,19,21). The van der Waals surface area contributed by atoms with Crippen LogP contribution in [-0.2, 0) is 4.79 Å². The van der Waals surface area contributed by atoms with Crippen molar-refractivity contribution in [2.24, 2.45) is 0 Å². The van der Waals surface area contributed by atoms with Crippen LogP contribution in [0.5, 0.6) is 11.5 Å². The van der Waals surface area contributed by atoms with Gasteiger partial charge in [-0.2, -0.15) is 0 Å². The van der Waals surface area contributed by atoms with E-state index in [0.29, 0.717) is 11.5 Å². The van der Waals surface area contributed by atoms with E-state index in [9.17, 15) is 4.79 Å². The maximum atomic E-state index is 12.2. The van der Waals surface area contributed by atoms with Crippen molar-refractivity contribution in [3.8, 4) is 11.5 Å². The second-order valence-corrected chi connectivity index (χ2v) is 7.53. The average molecular weight is 320 g/mol. The Morgan fingerprint density at radius 2 is 1.83 bits per heavy atom. The molecule has 0 spiro atoms. The molecular weight excluding hydrogens is 292 g/mol. The summed E-state index contributed by atoms with van der Waals surface area (Å²) in [4.78, 5) is 12.2. The van der Waals surface area contributed by atoms with Crippen molar-refractivity contribution in [1.29, 1.82) is 0 Å². The first kappa shape index (κ1) is 17.6. The molecule has 0 bridgehead atoms. The molecule has 0 unspecified atom stereocenters. The zero-order valence-corrected chi connectivity index (χ0v) is 14.7. The molecule has 0 aliphatic carbocycles. The van der Waals surface area contributed by atoms with Crippen molar-refractivity contribution in [2.75, 3.05) is 13.7 Å². The lowest BCUT2D eigenvalue weighted by Gasteiger charge is -2.46. The highest BCUT2D eigenvalue weighted by molar-refractivity contribution is 5.77. The van der Waals surface area contributed by atoms with Crippen molar-refractivity contribution >= 4 is 5.91 Å². The molecule has 1 heterocycles. The summed E-state index contributed by atoms with van der Waals surface area (Å²) in [6.07, 6.45) is 1.81. The van der Waals surface area contributed by atoms with E-state index in [2.05, 4.69) is 38.3 Å². The van der Waals surface area contributed by atoms with Gasteiger partial charge in [0.05, 0.1) is 7.11 Å². The lowest BCUT2D eigenvalue weighted by atomic mass is 9.79. The normalized spacial score (nSPS) is 19.9. The largest absolute Gasteiger partial charge is 0.497 e. The fourth-order valence-corrected chi connectivity index (χ4v) is 3.53. The summed E-state index contributed by atoms with van der Waals surface area (Å²) in [5, 5.41) is 6.70. The highest BCUT2D eigenvalue weighted by Crippen LogP contribution is 2.28. The van der Waals surface area contributed by atoms with Crippen LogP contribution >= 0.6 is 0 Å². The minimum Gasteiger partial charge on any atom is -0.497 e. The monoisotopic (exact) mass is 320 g/mol. The SMILES string of the molecule is COc1cccc(OCC(=O)NC2CC(C)(C)NC(C)(C)C2)c1. The minimum atomic E-state index is -0.0914. The summed E-state index contributed by atoms with van der Waals surface area (Å²) in [6.45, 7) is 8.68. The van der Waals surface area contributed by atoms with Gasteiger partial charge in [-0.1, -0.05) is 6.07 Å². The molecule has 23 heavy (non-hydrogen) atoms. The van der Waals surface area contributed by atoms with Gasteiger partial charge in [0.1, 0.15) is 11.5 Å². The number of nitrogens with one attached hydrogen (secondary N) is 2. The summed E-state index contributed by atoms with van der Waals surface area (Å²) in [5.41, 5.74) is 0.0146. The van der Waals surface area contributed by atoms with Gasteiger partial charge in [-0.3, -0.25) is 4.79 Å². The Hall–Kier alpha value is -1.75. The molecule has 0 saturated carbocycles. The maximum absolute atomic E-state index is 12.2. The van der Waals surface area contributed by atoms with Crippen molar-refractivity contribution in [3.05, 3.63) is 24.3 Å². The Morgan fingerprint density at radius 3 is 2.43 bits per heavy atom. The van der Waals surface area contributed by atoms with E-state index in [1.807, 2.05) is 18.2 Å². The van der Waals surface area contributed by atoms with Gasteiger partial charge >= 0.3 is 0 Å². The smallest absolute Gasteiger partial charge is 0.258 e. The Labute approximate surface area is 138 Å². The molecule has 0 radical (unpaired) electrons. The molecule has 1 fully saturated rings. The summed E-state index contributed by atoms with van der Waals surface area (Å²) in [5.74, 6) is 1.25. The van der Waals surface area contributed by atoms with Gasteiger partial charge in [0.2, 0.25) is 0 Å². The van der Waals surface area contributed by atoms with E-state index >= 15 is 0 Å². The van der Waals surface area contributed by atoms with E-state index in [0.717, 1.165) is 12.8 Å². The van der Waals surface area contributed by atoms with Gasteiger partial charge in [0, 0.05) is 23.2 Å². The molecule has 128 valence electrons. The minimum absolute atomic E-state index is 0.00729. The topological polar surface area (TPSA) is 59.6 Å². The first-order chi connectivity index (χ1) is 10.7. The van der Waals surface area contributed by atoms with E-state index in [4.69, 9.17) is 9.47 Å². The Morgan fingerprint density at radius 1 is 1.22 bits per heavy atom. The summed E-state index contributed by atoms with van der Waals surface area (Å²) >= 11 is 0. The fourth-order valence-electron chi connectivity index (χ4n) is 3.53. The molecule has 1 amide bonds. The van der Waals surface area contributed by atoms with Crippen molar-refractivity contribution < 1.29 is 14.3 Å². The second kappa shape index (κ2) is 6.79. The van der Waals surface area contributed by atoms with Crippen molar-refractivity contribution in [1.82, 2.24) is 10.6 Å². The number of hydrogen-bond acceptors (Lipinski definition) is 4. The van der Waals surface area contributed by atoms with E-state index in [-0.39, 0.29) is 29.6 Å². The van der Waals surface area contributed by atoms with Crippen molar-refractivity contribution in [2.45, 2.75) is 57.7 Å². The Balaban J connectivity index is 1.87. The lowest BCUT2D eigenvalue weighted by Crippen LogP contribution is -2.62. The predicted octanol–water partition coefficient (Wildman–Crippen LogP) is 2.50. The van der Waals surface area contributed by atoms with Crippen LogP contribution in [0.4, 0.5) is 0 Å². The summed E-state index contributed by atoms with van der Waals surface area (Å²) < 4.78 is 10.7. The molecule has 1 aromatic carbocycles. The maximum Gasteiger partial charge on any atom is 0.258 e. The third kappa shape index (κ3) is 5.43. The predicted molar refractivity (Wildman–Crippen MR) is 90.9 cm³/mol. The zero-order valence-electron chi connectivity index (χ0n) is 14.7. The van der Waals surface area contributed by atoms with Crippen LogP contribution in [0.1, 0.15) is 40.5 Å². The first-order valence-electron chi connectivity index (χ1n) is 8.05. The lowest BCUT2D eigenvalue weighted by molar-refractivity contribution is -0.124. The Kier molecular flexibility index (Phi) is 5.19. The summed E-state index contributed by atoms with van der Waals surface area (Å²) in [7, 11) is 1.60. The van der Waals surface area contributed by atoms with Gasteiger partial charge in [0.15, 0.2) is 6.61 Å². The van der Waals surface area contributed by atoms with Crippen molar-refractivity contribution in [3.63, 3.8) is 0 Å². The number of piperidine rings is 1. The van der Waals surface area contributed by atoms with Gasteiger partial charge in [-0.05, 0) is 52.7 Å². The van der Waals surface area contributed by atoms with Crippen LogP contribution in [0, 0.1) is 0 Å². The van der Waals surface area contributed by atoms with E-state index < -0.39 is 0 Å². The molecule has 1 aliphatic heterocycles. The first-order valence-corrected chi connectivity index (χ1v) is 8.05. The zero-order chi connectivity index (χ0) is 17.1. The van der Waals surface area contributed by atoms with Gasteiger partial charge in [-0.15, -0.1) is 0 Å². The number of carbonyl (C=O) groups excluding carboxylic acids is 1. The average Bonchev–Trinajstić information content (AvgIpc) is 2.42. The quantitative estimate of drug-likeness (QED) is 0.875. The molecular formula is C18H28N2O3. The fraction of sp³-hybridized carbons (Fsp3) is 0.611. The number of benzene rings is 1. The number of hydrogen-bond donors (Lipinski definition) is 2. The van der Waals surface area contributed by atoms with Crippen LogP contribution < -0.4 is 20.1 Å². The van der Waals surface area contributed by atoms with Crippen LogP contribution in [0.25, 0.3) is 0 Å². The number of rotatable bonds is 5. The van der Waals surface area contributed by atoms with Gasteiger partial charge in [-0.25, -0.2) is 0 Å². The molecule has 1 saturated heterocycles. The number of methoxy groups -OCH3 is 1. The molecule has 0 atom stereocenters. The molecule has 2 rings (SSSR count). The molecule has 5 nitrogen and oxygen atoms in total.